The lowest BCUT2D eigenvalue weighted by atomic mass is 9.92. The Hall–Kier alpha value is -5.05. The molecule has 210 valence electrons. The number of nitro benzene ring substituents is 1. The summed E-state index contributed by atoms with van der Waals surface area (Å²) in [5, 5.41) is 21.5. The van der Waals surface area contributed by atoms with Gasteiger partial charge in [0.2, 0.25) is 11.8 Å². The lowest BCUT2D eigenvalue weighted by Crippen LogP contribution is -2.45. The van der Waals surface area contributed by atoms with Gasteiger partial charge in [-0.2, -0.15) is 5.10 Å². The van der Waals surface area contributed by atoms with Gasteiger partial charge < -0.3 is 10.6 Å². The van der Waals surface area contributed by atoms with Crippen molar-refractivity contribution < 1.29 is 14.5 Å². The molecule has 0 aliphatic carbocycles. The minimum atomic E-state index is -0.885. The first-order valence-corrected chi connectivity index (χ1v) is 13.3. The summed E-state index contributed by atoms with van der Waals surface area (Å²) in [5.41, 5.74) is 3.86. The van der Waals surface area contributed by atoms with Gasteiger partial charge in [0, 0.05) is 36.1 Å². The van der Waals surface area contributed by atoms with E-state index in [9.17, 15) is 19.7 Å². The molecule has 1 unspecified atom stereocenters. The summed E-state index contributed by atoms with van der Waals surface area (Å²) in [6.45, 7) is 8.14. The van der Waals surface area contributed by atoms with Crippen LogP contribution in [0.15, 0.2) is 91.0 Å². The van der Waals surface area contributed by atoms with Crippen LogP contribution >= 0.6 is 0 Å². The van der Waals surface area contributed by atoms with Crippen LogP contribution in [-0.4, -0.2) is 32.6 Å². The van der Waals surface area contributed by atoms with Crippen molar-refractivity contribution in [2.75, 3.05) is 5.32 Å². The number of carbonyl (C=O) groups excluding carboxylic acids is 2. The second-order valence-electron chi connectivity index (χ2n) is 10.8. The van der Waals surface area contributed by atoms with Gasteiger partial charge in [0.1, 0.15) is 11.9 Å². The maximum absolute atomic E-state index is 13.7. The van der Waals surface area contributed by atoms with Gasteiger partial charge >= 0.3 is 0 Å². The van der Waals surface area contributed by atoms with Crippen molar-refractivity contribution in [3.63, 3.8) is 0 Å². The molecule has 0 fully saturated rings. The number of para-hydroxylation sites is 1. The third-order valence-corrected chi connectivity index (χ3v) is 6.52. The van der Waals surface area contributed by atoms with Gasteiger partial charge in [0.25, 0.3) is 5.69 Å². The molecule has 3 aromatic carbocycles. The van der Waals surface area contributed by atoms with Crippen LogP contribution in [0, 0.1) is 17.0 Å². The molecule has 0 radical (unpaired) electrons. The van der Waals surface area contributed by atoms with E-state index in [2.05, 4.69) is 31.4 Å². The van der Waals surface area contributed by atoms with Gasteiger partial charge in [-0.15, -0.1) is 0 Å². The number of hydrogen-bond donors (Lipinski definition) is 2. The highest BCUT2D eigenvalue weighted by Gasteiger charge is 2.25. The molecule has 1 heterocycles. The van der Waals surface area contributed by atoms with Crippen LogP contribution in [0.5, 0.6) is 0 Å². The number of anilines is 1. The standard InChI is InChI=1S/C32H33N5O4/c1-22-10-8-9-13-27(22)36-29(21-28(35-36)32(2,3)4)34-31(39)26(20-24-11-6-5-7-12-24)33-30(38)19-16-23-14-17-25(18-15-23)37(40)41/h5-19,21,26H,20H2,1-4H3,(H,33,38)(H,34,39). The Morgan fingerprint density at radius 3 is 2.29 bits per heavy atom. The largest absolute Gasteiger partial charge is 0.340 e. The van der Waals surface area contributed by atoms with Crippen LogP contribution in [0.1, 0.15) is 43.2 Å². The third-order valence-electron chi connectivity index (χ3n) is 6.52. The first-order chi connectivity index (χ1) is 19.5. The van der Waals surface area contributed by atoms with Crippen molar-refractivity contribution in [2.45, 2.75) is 45.6 Å². The number of hydrogen-bond acceptors (Lipinski definition) is 5. The minimum Gasteiger partial charge on any atom is -0.340 e. The van der Waals surface area contributed by atoms with Crippen LogP contribution in [0.4, 0.5) is 11.5 Å². The smallest absolute Gasteiger partial charge is 0.269 e. The van der Waals surface area contributed by atoms with Crippen molar-refractivity contribution in [1.82, 2.24) is 15.1 Å². The number of aromatic nitrogens is 2. The predicted molar refractivity (Wildman–Crippen MR) is 160 cm³/mol. The van der Waals surface area contributed by atoms with E-state index in [1.807, 2.05) is 67.6 Å². The second-order valence-corrected chi connectivity index (χ2v) is 10.8. The van der Waals surface area contributed by atoms with E-state index in [0.29, 0.717) is 11.4 Å². The van der Waals surface area contributed by atoms with E-state index in [1.54, 1.807) is 22.9 Å². The molecule has 1 atom stereocenters. The van der Waals surface area contributed by atoms with E-state index in [-0.39, 0.29) is 23.4 Å². The molecule has 41 heavy (non-hydrogen) atoms. The Kier molecular flexibility index (Phi) is 8.77. The molecule has 1 aromatic heterocycles. The van der Waals surface area contributed by atoms with Crippen molar-refractivity contribution in [3.05, 3.63) is 124 Å². The van der Waals surface area contributed by atoms with E-state index >= 15 is 0 Å². The van der Waals surface area contributed by atoms with Gasteiger partial charge in [0.05, 0.1) is 16.3 Å². The summed E-state index contributed by atoms with van der Waals surface area (Å²) in [7, 11) is 0. The molecule has 2 amide bonds. The number of aryl methyl sites for hydroxylation is 1. The zero-order chi connectivity index (χ0) is 29.6. The molecule has 0 bridgehead atoms. The molecule has 0 saturated heterocycles. The van der Waals surface area contributed by atoms with Gasteiger partial charge in [0.15, 0.2) is 0 Å². The first-order valence-electron chi connectivity index (χ1n) is 13.3. The highest BCUT2D eigenvalue weighted by atomic mass is 16.6. The number of non-ortho nitro benzene ring substituents is 1. The highest BCUT2D eigenvalue weighted by molar-refractivity contribution is 6.00. The Labute approximate surface area is 239 Å². The van der Waals surface area contributed by atoms with Gasteiger partial charge in [-0.1, -0.05) is 69.3 Å². The number of nitro groups is 1. The SMILES string of the molecule is Cc1ccccc1-n1nc(C(C)(C)C)cc1NC(=O)C(Cc1ccccc1)NC(=O)C=Cc1ccc([N+](=O)[O-])cc1. The Morgan fingerprint density at radius 1 is 1.00 bits per heavy atom. The van der Waals surface area contributed by atoms with Crippen molar-refractivity contribution in [1.29, 1.82) is 0 Å². The maximum Gasteiger partial charge on any atom is 0.269 e. The summed E-state index contributed by atoms with van der Waals surface area (Å²) in [6, 6.07) is 24.0. The summed E-state index contributed by atoms with van der Waals surface area (Å²) >= 11 is 0. The molecular weight excluding hydrogens is 518 g/mol. The van der Waals surface area contributed by atoms with Crippen LogP contribution in [0.3, 0.4) is 0 Å². The number of amides is 2. The molecule has 0 aliphatic rings. The Balaban J connectivity index is 1.59. The Morgan fingerprint density at radius 2 is 1.66 bits per heavy atom. The normalized spacial score (nSPS) is 12.2. The molecule has 4 aromatic rings. The fraction of sp³-hybridized carbons (Fsp3) is 0.219. The van der Waals surface area contributed by atoms with Crippen molar-refractivity contribution in [2.24, 2.45) is 0 Å². The third kappa shape index (κ3) is 7.54. The van der Waals surface area contributed by atoms with Crippen LogP contribution in [0.2, 0.25) is 0 Å². The quantitative estimate of drug-likeness (QED) is 0.156. The van der Waals surface area contributed by atoms with E-state index < -0.39 is 16.9 Å². The lowest BCUT2D eigenvalue weighted by Gasteiger charge is -2.19. The monoisotopic (exact) mass is 551 g/mol. The average Bonchev–Trinajstić information content (AvgIpc) is 3.36. The van der Waals surface area contributed by atoms with Gasteiger partial charge in [-0.05, 0) is 47.9 Å². The number of nitrogens with one attached hydrogen (secondary N) is 2. The number of rotatable bonds is 9. The number of carbonyl (C=O) groups is 2. The van der Waals surface area contributed by atoms with E-state index in [0.717, 1.165) is 22.5 Å². The van der Waals surface area contributed by atoms with E-state index in [4.69, 9.17) is 5.10 Å². The molecular formula is C32H33N5O4. The average molecular weight is 552 g/mol. The fourth-order valence-corrected chi connectivity index (χ4v) is 4.19. The van der Waals surface area contributed by atoms with E-state index in [1.165, 1.54) is 18.2 Å². The summed E-state index contributed by atoms with van der Waals surface area (Å²) in [5.74, 6) is -0.355. The molecule has 0 aliphatic heterocycles. The van der Waals surface area contributed by atoms with Gasteiger partial charge in [-0.25, -0.2) is 4.68 Å². The van der Waals surface area contributed by atoms with Crippen LogP contribution in [-0.2, 0) is 21.4 Å². The number of benzene rings is 3. The Bertz CT molecular complexity index is 1570. The first kappa shape index (κ1) is 28.9. The predicted octanol–water partition coefficient (Wildman–Crippen LogP) is 5.77. The lowest BCUT2D eigenvalue weighted by molar-refractivity contribution is -0.384. The van der Waals surface area contributed by atoms with Crippen LogP contribution < -0.4 is 10.6 Å². The topological polar surface area (TPSA) is 119 Å². The number of nitrogens with zero attached hydrogens (tertiary/aromatic N) is 3. The molecule has 0 saturated carbocycles. The maximum atomic E-state index is 13.7. The molecule has 9 heteroatoms. The van der Waals surface area contributed by atoms with Crippen LogP contribution in [0.25, 0.3) is 11.8 Å². The molecule has 4 rings (SSSR count). The zero-order valence-electron chi connectivity index (χ0n) is 23.5. The minimum absolute atomic E-state index is 0.0363. The van der Waals surface area contributed by atoms with Crippen molar-refractivity contribution >= 4 is 29.4 Å². The zero-order valence-corrected chi connectivity index (χ0v) is 23.5. The highest BCUT2D eigenvalue weighted by Crippen LogP contribution is 2.27. The summed E-state index contributed by atoms with van der Waals surface area (Å²) in [6.07, 6.45) is 3.12. The molecule has 2 N–H and O–H groups in total. The second kappa shape index (κ2) is 12.4. The molecule has 9 nitrogen and oxygen atoms in total. The molecule has 0 spiro atoms. The fourth-order valence-electron chi connectivity index (χ4n) is 4.19. The summed E-state index contributed by atoms with van der Waals surface area (Å²) in [4.78, 5) is 37.0. The van der Waals surface area contributed by atoms with Gasteiger partial charge in [-0.3, -0.25) is 19.7 Å². The summed E-state index contributed by atoms with van der Waals surface area (Å²) < 4.78 is 1.73. The van der Waals surface area contributed by atoms with Crippen molar-refractivity contribution in [3.8, 4) is 5.69 Å².